The van der Waals surface area contributed by atoms with Crippen molar-refractivity contribution in [1.82, 2.24) is 15.0 Å². The van der Waals surface area contributed by atoms with Crippen molar-refractivity contribution in [2.24, 2.45) is 0 Å². The van der Waals surface area contributed by atoms with Crippen LogP contribution in [0.4, 0.5) is 10.2 Å². The Morgan fingerprint density at radius 3 is 2.37 bits per heavy atom. The molecule has 0 saturated heterocycles. The van der Waals surface area contributed by atoms with Gasteiger partial charge in [0.1, 0.15) is 17.2 Å². The van der Waals surface area contributed by atoms with Crippen LogP contribution in [0.15, 0.2) is 54.6 Å². The molecule has 1 aromatic heterocycles. The zero-order valence-corrected chi connectivity index (χ0v) is 9.99. The number of nitrogens with zero attached hydrogens (tertiary/aromatic N) is 3. The summed E-state index contributed by atoms with van der Waals surface area (Å²) in [5, 5.41) is 7.95. The number of benzene rings is 2. The second-order valence-corrected chi connectivity index (χ2v) is 4.05. The molecule has 0 amide bonds. The molecule has 0 aliphatic rings. The molecule has 0 saturated carbocycles. The van der Waals surface area contributed by atoms with Crippen molar-refractivity contribution in [3.63, 3.8) is 0 Å². The molecule has 0 aliphatic heterocycles. The van der Waals surface area contributed by atoms with Gasteiger partial charge in [-0.1, -0.05) is 47.7 Å². The van der Waals surface area contributed by atoms with E-state index in [1.54, 1.807) is 18.2 Å². The van der Waals surface area contributed by atoms with Gasteiger partial charge in [0.15, 0.2) is 5.82 Å². The third kappa shape index (κ3) is 1.95. The number of halogens is 1. The first kappa shape index (κ1) is 11.4. The van der Waals surface area contributed by atoms with E-state index < -0.39 is 5.82 Å². The number of para-hydroxylation sites is 1. The Labute approximate surface area is 109 Å². The third-order valence-electron chi connectivity index (χ3n) is 2.83. The lowest BCUT2D eigenvalue weighted by atomic mass is 10.1. The number of anilines is 1. The van der Waals surface area contributed by atoms with Crippen LogP contribution in [0.3, 0.4) is 0 Å². The summed E-state index contributed by atoms with van der Waals surface area (Å²) in [5.74, 6) is -0.0741. The number of hydrogen-bond acceptors (Lipinski definition) is 3. The molecule has 0 aliphatic carbocycles. The van der Waals surface area contributed by atoms with Gasteiger partial charge in [0.2, 0.25) is 0 Å². The molecule has 2 aromatic carbocycles. The zero-order chi connectivity index (χ0) is 13.2. The summed E-state index contributed by atoms with van der Waals surface area (Å²) < 4.78 is 15.0. The van der Waals surface area contributed by atoms with Gasteiger partial charge in [0, 0.05) is 5.56 Å². The van der Waals surface area contributed by atoms with Gasteiger partial charge in [-0.3, -0.25) is 0 Å². The minimum atomic E-state index is -0.390. The minimum absolute atomic E-state index is 0.287. The predicted octanol–water partition coefficient (Wildman–Crippen LogP) is 2.66. The quantitative estimate of drug-likeness (QED) is 0.764. The van der Waals surface area contributed by atoms with E-state index in [0.717, 1.165) is 5.56 Å². The highest BCUT2D eigenvalue weighted by Gasteiger charge is 2.14. The van der Waals surface area contributed by atoms with E-state index in [-0.39, 0.29) is 5.69 Å². The maximum atomic E-state index is 13.7. The molecule has 0 atom stereocenters. The van der Waals surface area contributed by atoms with E-state index >= 15 is 0 Å². The maximum absolute atomic E-state index is 13.7. The number of nitrogen functional groups attached to an aromatic ring is 1. The highest BCUT2D eigenvalue weighted by atomic mass is 19.1. The molecule has 0 unspecified atom stereocenters. The van der Waals surface area contributed by atoms with Crippen LogP contribution < -0.4 is 5.73 Å². The number of nitrogens with two attached hydrogens (primary N) is 1. The van der Waals surface area contributed by atoms with Gasteiger partial charge < -0.3 is 5.73 Å². The Morgan fingerprint density at radius 1 is 0.947 bits per heavy atom. The minimum Gasteiger partial charge on any atom is -0.382 e. The van der Waals surface area contributed by atoms with Gasteiger partial charge >= 0.3 is 0 Å². The van der Waals surface area contributed by atoms with Crippen LogP contribution in [0.25, 0.3) is 16.9 Å². The summed E-state index contributed by atoms with van der Waals surface area (Å²) in [6.07, 6.45) is 0. The lowest BCUT2D eigenvalue weighted by Crippen LogP contribution is -2.04. The Hall–Kier alpha value is -2.69. The molecule has 4 nitrogen and oxygen atoms in total. The normalized spacial score (nSPS) is 10.6. The summed E-state index contributed by atoms with van der Waals surface area (Å²) in [4.78, 5) is 0. The fourth-order valence-electron chi connectivity index (χ4n) is 1.89. The van der Waals surface area contributed by atoms with E-state index in [4.69, 9.17) is 5.73 Å². The molecular weight excluding hydrogens is 243 g/mol. The smallest absolute Gasteiger partial charge is 0.156 e. The lowest BCUT2D eigenvalue weighted by molar-refractivity contribution is 0.608. The van der Waals surface area contributed by atoms with E-state index in [9.17, 15) is 4.39 Å². The molecular formula is C14H11FN4. The largest absolute Gasteiger partial charge is 0.382 e. The van der Waals surface area contributed by atoms with Crippen LogP contribution in [0.1, 0.15) is 0 Å². The Balaban J connectivity index is 2.12. The molecule has 2 N–H and O–H groups in total. The van der Waals surface area contributed by atoms with Crippen molar-refractivity contribution in [1.29, 1.82) is 0 Å². The Bertz CT molecular complexity index is 706. The first-order chi connectivity index (χ1) is 9.27. The van der Waals surface area contributed by atoms with Gasteiger partial charge in [-0.05, 0) is 12.1 Å². The number of rotatable bonds is 2. The summed E-state index contributed by atoms with van der Waals surface area (Å²) in [6, 6.07) is 15.7. The van der Waals surface area contributed by atoms with Crippen LogP contribution in [0, 0.1) is 5.82 Å². The standard InChI is InChI=1S/C14H11FN4/c15-11-8-4-5-9-12(11)19-14(16)13(17-18-19)10-6-2-1-3-7-10/h1-9H,16H2. The number of aromatic nitrogens is 3. The maximum Gasteiger partial charge on any atom is 0.156 e. The summed E-state index contributed by atoms with van der Waals surface area (Å²) >= 11 is 0. The summed E-state index contributed by atoms with van der Waals surface area (Å²) in [7, 11) is 0. The molecule has 19 heavy (non-hydrogen) atoms. The second kappa shape index (κ2) is 4.53. The van der Waals surface area contributed by atoms with Gasteiger partial charge in [0.25, 0.3) is 0 Å². The lowest BCUT2D eigenvalue weighted by Gasteiger charge is -2.04. The first-order valence-electron chi connectivity index (χ1n) is 5.79. The molecule has 3 rings (SSSR count). The van der Waals surface area contributed by atoms with Crippen molar-refractivity contribution in [3.8, 4) is 16.9 Å². The van der Waals surface area contributed by atoms with Crippen molar-refractivity contribution >= 4 is 5.82 Å². The number of hydrogen-bond donors (Lipinski definition) is 1. The molecule has 0 fully saturated rings. The average molecular weight is 254 g/mol. The van der Waals surface area contributed by atoms with Crippen molar-refractivity contribution in [2.75, 3.05) is 5.73 Å². The van der Waals surface area contributed by atoms with Crippen LogP contribution in [0.5, 0.6) is 0 Å². The Morgan fingerprint density at radius 2 is 1.63 bits per heavy atom. The molecule has 1 heterocycles. The molecule has 0 bridgehead atoms. The summed E-state index contributed by atoms with van der Waals surface area (Å²) in [5.41, 5.74) is 7.69. The highest BCUT2D eigenvalue weighted by molar-refractivity contribution is 5.70. The van der Waals surface area contributed by atoms with E-state index in [1.807, 2.05) is 30.3 Å². The fraction of sp³-hybridized carbons (Fsp3) is 0. The molecule has 5 heteroatoms. The topological polar surface area (TPSA) is 56.7 Å². The predicted molar refractivity (Wildman–Crippen MR) is 71.2 cm³/mol. The van der Waals surface area contributed by atoms with Crippen molar-refractivity contribution in [2.45, 2.75) is 0 Å². The van der Waals surface area contributed by atoms with Gasteiger partial charge in [-0.25, -0.2) is 4.39 Å². The second-order valence-electron chi connectivity index (χ2n) is 4.05. The summed E-state index contributed by atoms with van der Waals surface area (Å²) in [6.45, 7) is 0. The van der Waals surface area contributed by atoms with Gasteiger partial charge in [-0.15, -0.1) is 5.10 Å². The monoisotopic (exact) mass is 254 g/mol. The van der Waals surface area contributed by atoms with E-state index in [2.05, 4.69) is 10.3 Å². The van der Waals surface area contributed by atoms with E-state index in [0.29, 0.717) is 11.5 Å². The van der Waals surface area contributed by atoms with Crippen molar-refractivity contribution < 1.29 is 4.39 Å². The third-order valence-corrected chi connectivity index (χ3v) is 2.83. The highest BCUT2D eigenvalue weighted by Crippen LogP contribution is 2.25. The fourth-order valence-corrected chi connectivity index (χ4v) is 1.89. The van der Waals surface area contributed by atoms with Gasteiger partial charge in [0.05, 0.1) is 0 Å². The van der Waals surface area contributed by atoms with Crippen LogP contribution >= 0.6 is 0 Å². The molecule has 3 aromatic rings. The van der Waals surface area contributed by atoms with Crippen molar-refractivity contribution in [3.05, 3.63) is 60.4 Å². The van der Waals surface area contributed by atoms with Crippen LogP contribution in [0.2, 0.25) is 0 Å². The Kier molecular flexibility index (Phi) is 2.72. The van der Waals surface area contributed by atoms with Crippen LogP contribution in [-0.2, 0) is 0 Å². The van der Waals surface area contributed by atoms with Gasteiger partial charge in [-0.2, -0.15) is 4.68 Å². The molecule has 0 spiro atoms. The average Bonchev–Trinajstić information content (AvgIpc) is 2.82. The van der Waals surface area contributed by atoms with Crippen LogP contribution in [-0.4, -0.2) is 15.0 Å². The molecule has 94 valence electrons. The van der Waals surface area contributed by atoms with E-state index in [1.165, 1.54) is 10.7 Å². The molecule has 0 radical (unpaired) electrons. The zero-order valence-electron chi connectivity index (χ0n) is 9.99. The first-order valence-corrected chi connectivity index (χ1v) is 5.79. The SMILES string of the molecule is Nc1c(-c2ccccc2)nnn1-c1ccccc1F.